The van der Waals surface area contributed by atoms with Crippen molar-refractivity contribution in [1.82, 2.24) is 0 Å². The summed E-state index contributed by atoms with van der Waals surface area (Å²) >= 11 is 0. The SMILES string of the molecule is CO[C@@H]1C2C(=O)c3c(O)c4c(c(CC=C(C)C)c3O[C@@]23[C@H](C)C[C@@H]1C(=O)[C@]3(C/C=C(/C)C(=O)O)OC(C)C)OC(C)(C)C=C4. The highest BCUT2D eigenvalue weighted by atomic mass is 16.6. The van der Waals surface area contributed by atoms with Crippen LogP contribution in [0.15, 0.2) is 29.4 Å². The van der Waals surface area contributed by atoms with E-state index >= 15 is 0 Å². The summed E-state index contributed by atoms with van der Waals surface area (Å²) < 4.78 is 26.1. The van der Waals surface area contributed by atoms with E-state index in [1.165, 1.54) is 20.1 Å². The minimum absolute atomic E-state index is 0.0365. The van der Waals surface area contributed by atoms with Gasteiger partial charge in [-0.1, -0.05) is 24.6 Å². The summed E-state index contributed by atoms with van der Waals surface area (Å²) in [7, 11) is 1.48. The molecule has 1 aromatic carbocycles. The first-order valence-corrected chi connectivity index (χ1v) is 15.3. The molecule has 3 fully saturated rings. The number of Topliss-reactive ketones (excluding diaryl/α,β-unsaturated/α-hetero) is 2. The van der Waals surface area contributed by atoms with E-state index in [2.05, 4.69) is 0 Å². The van der Waals surface area contributed by atoms with E-state index in [0.717, 1.165) is 5.57 Å². The molecular weight excluding hydrogens is 564 g/mol. The van der Waals surface area contributed by atoms with Crippen molar-refractivity contribution in [3.8, 4) is 17.2 Å². The summed E-state index contributed by atoms with van der Waals surface area (Å²) in [5.74, 6) is -3.52. The van der Waals surface area contributed by atoms with Crippen molar-refractivity contribution in [2.75, 3.05) is 7.11 Å². The van der Waals surface area contributed by atoms with E-state index in [-0.39, 0.29) is 40.8 Å². The molecule has 2 N–H and O–H groups in total. The van der Waals surface area contributed by atoms with Gasteiger partial charge in [0.05, 0.1) is 23.7 Å². The predicted molar refractivity (Wildman–Crippen MR) is 164 cm³/mol. The van der Waals surface area contributed by atoms with Gasteiger partial charge in [-0.3, -0.25) is 9.59 Å². The average Bonchev–Trinajstić information content (AvgIpc) is 2.93. The predicted octanol–water partition coefficient (Wildman–Crippen LogP) is 5.85. The maximum atomic E-state index is 14.9. The first kappa shape index (κ1) is 32.0. The lowest BCUT2D eigenvalue weighted by Crippen LogP contribution is -2.83. The smallest absolute Gasteiger partial charge is 0.330 e. The molecule has 3 saturated carbocycles. The molecule has 0 saturated heterocycles. The van der Waals surface area contributed by atoms with E-state index in [1.54, 1.807) is 19.9 Å². The van der Waals surface area contributed by atoms with Crippen LogP contribution in [0, 0.1) is 17.8 Å². The third-order valence-electron chi connectivity index (χ3n) is 9.68. The van der Waals surface area contributed by atoms with Gasteiger partial charge in [0.25, 0.3) is 0 Å². The summed E-state index contributed by atoms with van der Waals surface area (Å²) in [6.07, 6.45) is 6.45. The quantitative estimate of drug-likeness (QED) is 0.276. The number of benzene rings is 1. The Morgan fingerprint density at radius 2 is 1.82 bits per heavy atom. The Morgan fingerprint density at radius 1 is 1.14 bits per heavy atom. The van der Waals surface area contributed by atoms with Gasteiger partial charge >= 0.3 is 5.97 Å². The number of aromatic hydroxyl groups is 1. The Morgan fingerprint density at radius 3 is 2.41 bits per heavy atom. The van der Waals surface area contributed by atoms with E-state index in [9.17, 15) is 24.6 Å². The lowest BCUT2D eigenvalue weighted by molar-refractivity contribution is -0.275. The number of carboxylic acid groups (broad SMARTS) is 1. The highest BCUT2D eigenvalue weighted by Crippen LogP contribution is 2.65. The number of carbonyl (C=O) groups is 3. The van der Waals surface area contributed by atoms with Gasteiger partial charge in [0.15, 0.2) is 22.8 Å². The number of phenolic OH excluding ortho intramolecular Hbond substituents is 1. The molecule has 1 aromatic rings. The van der Waals surface area contributed by atoms with E-state index in [4.69, 9.17) is 18.9 Å². The van der Waals surface area contributed by atoms with Crippen LogP contribution in [-0.2, 0) is 25.5 Å². The molecule has 6 rings (SSSR count). The number of hydrogen-bond donors (Lipinski definition) is 2. The Balaban J connectivity index is 1.87. The van der Waals surface area contributed by atoms with Gasteiger partial charge in [-0.05, 0) is 73.5 Å². The van der Waals surface area contributed by atoms with Gasteiger partial charge in [-0.15, -0.1) is 0 Å². The molecule has 2 aliphatic heterocycles. The van der Waals surface area contributed by atoms with Crippen molar-refractivity contribution in [3.05, 3.63) is 46.1 Å². The van der Waals surface area contributed by atoms with E-state index in [0.29, 0.717) is 29.7 Å². The maximum Gasteiger partial charge on any atom is 0.330 e. The van der Waals surface area contributed by atoms with Crippen molar-refractivity contribution >= 4 is 23.6 Å². The number of carboxylic acids is 1. The number of ketones is 2. The number of hydrogen-bond acceptors (Lipinski definition) is 8. The van der Waals surface area contributed by atoms with Gasteiger partial charge in [0, 0.05) is 36.5 Å². The minimum Gasteiger partial charge on any atom is -0.506 e. The molecule has 1 spiro atoms. The molecule has 5 aliphatic rings. The summed E-state index contributed by atoms with van der Waals surface area (Å²) in [5, 5.41) is 21.4. The number of rotatable bonds is 8. The van der Waals surface area contributed by atoms with Crippen LogP contribution in [0.5, 0.6) is 17.2 Å². The monoisotopic (exact) mass is 608 g/mol. The zero-order valence-corrected chi connectivity index (χ0v) is 27.1. The summed E-state index contributed by atoms with van der Waals surface area (Å²) in [4.78, 5) is 41.4. The standard InChI is InChI=1S/C35H44O9/c1-17(2)10-11-22-28-21(13-14-33(7,8)43-28)26(36)24-27(37)25-30(41-9)23-16-20(6)35(25,44-29(22)24)34(31(23)38,42-18(3)4)15-12-19(5)32(39)40/h10,12-14,18,20,23,25,30,36H,11,15-16H2,1-9H3,(H,39,40)/b19-12-/t20-,23+,25?,30+,34+,35+/m1/s1. The van der Waals surface area contributed by atoms with Crippen LogP contribution in [0.4, 0.5) is 0 Å². The lowest BCUT2D eigenvalue weighted by Gasteiger charge is -2.66. The number of allylic oxidation sites excluding steroid dienone is 2. The molecule has 0 aromatic heterocycles. The fourth-order valence-electron chi connectivity index (χ4n) is 7.78. The Hall–Kier alpha value is -3.43. The number of phenols is 1. The second-order valence-electron chi connectivity index (χ2n) is 13.7. The zero-order chi connectivity index (χ0) is 32.5. The average molecular weight is 609 g/mol. The molecule has 3 aliphatic carbocycles. The second-order valence-corrected chi connectivity index (χ2v) is 13.7. The van der Waals surface area contributed by atoms with Gasteiger partial charge in [-0.25, -0.2) is 4.79 Å². The van der Waals surface area contributed by atoms with E-state index in [1.807, 2.05) is 46.8 Å². The Labute approximate surface area is 258 Å². The summed E-state index contributed by atoms with van der Waals surface area (Å²) in [5.41, 5.74) is -1.84. The third-order valence-corrected chi connectivity index (χ3v) is 9.68. The molecule has 238 valence electrons. The molecule has 2 bridgehead atoms. The number of fused-ring (bicyclic) bond motifs is 4. The van der Waals surface area contributed by atoms with Gasteiger partial charge in [-0.2, -0.15) is 0 Å². The molecule has 6 atom stereocenters. The largest absolute Gasteiger partial charge is 0.506 e. The first-order valence-electron chi connectivity index (χ1n) is 15.3. The van der Waals surface area contributed by atoms with Gasteiger partial charge in [0.1, 0.15) is 28.4 Å². The van der Waals surface area contributed by atoms with Crippen molar-refractivity contribution in [2.24, 2.45) is 17.8 Å². The van der Waals surface area contributed by atoms with Crippen LogP contribution in [-0.4, -0.2) is 63.9 Å². The highest BCUT2D eigenvalue weighted by Gasteiger charge is 2.79. The molecule has 9 nitrogen and oxygen atoms in total. The Kier molecular flexibility index (Phi) is 7.90. The van der Waals surface area contributed by atoms with Crippen molar-refractivity contribution in [3.63, 3.8) is 0 Å². The highest BCUT2D eigenvalue weighted by molar-refractivity contribution is 6.10. The topological polar surface area (TPSA) is 129 Å². The molecule has 0 radical (unpaired) electrons. The number of carbonyl (C=O) groups excluding carboxylic acids is 2. The van der Waals surface area contributed by atoms with Crippen LogP contribution < -0.4 is 9.47 Å². The number of methoxy groups -OCH3 is 1. The van der Waals surface area contributed by atoms with Crippen LogP contribution in [0.1, 0.15) is 89.7 Å². The maximum absolute atomic E-state index is 14.9. The molecule has 0 amide bonds. The summed E-state index contributed by atoms with van der Waals surface area (Å²) in [6.45, 7) is 14.8. The third kappa shape index (κ3) is 4.53. The van der Waals surface area contributed by atoms with Crippen molar-refractivity contribution < 1.29 is 43.5 Å². The van der Waals surface area contributed by atoms with Crippen molar-refractivity contribution in [2.45, 2.75) is 104 Å². The van der Waals surface area contributed by atoms with Crippen LogP contribution in [0.25, 0.3) is 6.08 Å². The Bertz CT molecular complexity index is 1510. The minimum atomic E-state index is -1.70. The fraction of sp³-hybridized carbons (Fsp3) is 0.571. The zero-order valence-electron chi connectivity index (χ0n) is 27.1. The second kappa shape index (κ2) is 10.9. The van der Waals surface area contributed by atoms with Crippen LogP contribution in [0.3, 0.4) is 0 Å². The summed E-state index contributed by atoms with van der Waals surface area (Å²) in [6, 6.07) is 0. The molecule has 9 heteroatoms. The molecule has 44 heavy (non-hydrogen) atoms. The number of aliphatic carboxylic acids is 1. The molecular formula is C35H44O9. The normalized spacial score (nSPS) is 31.5. The first-order chi connectivity index (χ1) is 20.5. The fourth-order valence-corrected chi connectivity index (χ4v) is 7.78. The van der Waals surface area contributed by atoms with Crippen LogP contribution >= 0.6 is 0 Å². The molecule has 1 unspecified atom stereocenters. The van der Waals surface area contributed by atoms with Crippen LogP contribution in [0.2, 0.25) is 0 Å². The van der Waals surface area contributed by atoms with Gasteiger partial charge in [0.2, 0.25) is 0 Å². The lowest BCUT2D eigenvalue weighted by atomic mass is 9.45. The molecule has 2 heterocycles. The van der Waals surface area contributed by atoms with Gasteiger partial charge < -0.3 is 29.2 Å². The van der Waals surface area contributed by atoms with Crippen molar-refractivity contribution in [1.29, 1.82) is 0 Å². The van der Waals surface area contributed by atoms with E-state index < -0.39 is 52.6 Å². The number of ether oxygens (including phenoxy) is 4.